The maximum Gasteiger partial charge on any atom is 0.338 e. The molecule has 0 unspecified atom stereocenters. The summed E-state index contributed by atoms with van der Waals surface area (Å²) in [6.45, 7) is 1.76. The molecule has 174 valence electrons. The lowest BCUT2D eigenvalue weighted by Crippen LogP contribution is -2.34. The molecule has 9 heteroatoms. The number of rotatable bonds is 6. The molecule has 3 aromatic carbocycles. The summed E-state index contributed by atoms with van der Waals surface area (Å²) in [5.74, 6) is -1.91. The number of ether oxygens (including phenoxy) is 1. The van der Waals surface area contributed by atoms with Crippen molar-refractivity contribution in [3.05, 3.63) is 89.5 Å². The molecule has 0 spiro atoms. The zero-order chi connectivity index (χ0) is 24.5. The van der Waals surface area contributed by atoms with Crippen molar-refractivity contribution in [3.63, 3.8) is 0 Å². The molecule has 0 saturated carbocycles. The average molecular weight is 486 g/mol. The van der Waals surface area contributed by atoms with Crippen molar-refractivity contribution in [2.75, 3.05) is 23.0 Å². The van der Waals surface area contributed by atoms with Gasteiger partial charge >= 0.3 is 5.97 Å². The SMILES string of the molecule is CCN(C(=O)COC(=O)c1ccc(N2C(=O)c3ccccc3C2=O)cc1)c1nc2ccccc2s1. The van der Waals surface area contributed by atoms with E-state index in [9.17, 15) is 19.2 Å². The van der Waals surface area contributed by atoms with Crippen LogP contribution in [0.4, 0.5) is 10.8 Å². The number of para-hydroxylation sites is 1. The van der Waals surface area contributed by atoms with Crippen LogP contribution in [0.2, 0.25) is 0 Å². The topological polar surface area (TPSA) is 96.9 Å². The molecule has 0 atom stereocenters. The number of carbonyl (C=O) groups is 4. The lowest BCUT2D eigenvalue weighted by molar-refractivity contribution is -0.121. The number of nitrogens with zero attached hydrogens (tertiary/aromatic N) is 3. The first-order valence-electron chi connectivity index (χ1n) is 10.9. The van der Waals surface area contributed by atoms with Gasteiger partial charge in [-0.05, 0) is 55.5 Å². The van der Waals surface area contributed by atoms with Crippen LogP contribution in [0.3, 0.4) is 0 Å². The second-order valence-electron chi connectivity index (χ2n) is 7.72. The largest absolute Gasteiger partial charge is 0.452 e. The van der Waals surface area contributed by atoms with E-state index in [0.717, 1.165) is 15.1 Å². The van der Waals surface area contributed by atoms with Crippen LogP contribution >= 0.6 is 11.3 Å². The molecule has 0 fully saturated rings. The van der Waals surface area contributed by atoms with Crippen molar-refractivity contribution in [2.45, 2.75) is 6.92 Å². The normalized spacial score (nSPS) is 12.7. The number of benzene rings is 3. The summed E-state index contributed by atoms with van der Waals surface area (Å²) in [6.07, 6.45) is 0. The van der Waals surface area contributed by atoms with E-state index in [1.54, 1.807) is 24.3 Å². The molecule has 1 aliphatic heterocycles. The lowest BCUT2D eigenvalue weighted by Gasteiger charge is -2.17. The molecule has 0 aliphatic carbocycles. The van der Waals surface area contributed by atoms with E-state index < -0.39 is 24.4 Å². The van der Waals surface area contributed by atoms with Gasteiger partial charge in [0.25, 0.3) is 17.7 Å². The Hall–Kier alpha value is -4.37. The molecule has 0 bridgehead atoms. The molecule has 0 N–H and O–H groups in total. The molecule has 4 aromatic rings. The van der Waals surface area contributed by atoms with Gasteiger partial charge in [0.2, 0.25) is 0 Å². The van der Waals surface area contributed by atoms with Crippen molar-refractivity contribution >= 4 is 56.1 Å². The van der Waals surface area contributed by atoms with E-state index in [1.807, 2.05) is 31.2 Å². The van der Waals surface area contributed by atoms with Crippen LogP contribution in [0, 0.1) is 0 Å². The minimum atomic E-state index is -0.687. The molecular weight excluding hydrogens is 466 g/mol. The van der Waals surface area contributed by atoms with Crippen molar-refractivity contribution in [3.8, 4) is 0 Å². The Bertz CT molecular complexity index is 1410. The highest BCUT2D eigenvalue weighted by molar-refractivity contribution is 7.22. The smallest absolute Gasteiger partial charge is 0.338 e. The minimum absolute atomic E-state index is 0.196. The monoisotopic (exact) mass is 485 g/mol. The second kappa shape index (κ2) is 9.11. The highest BCUT2D eigenvalue weighted by Gasteiger charge is 2.36. The molecule has 1 aromatic heterocycles. The molecular formula is C26H19N3O5S. The third kappa shape index (κ3) is 4.06. The van der Waals surface area contributed by atoms with Gasteiger partial charge in [0.1, 0.15) is 0 Å². The first-order valence-corrected chi connectivity index (χ1v) is 11.7. The van der Waals surface area contributed by atoms with Crippen molar-refractivity contribution < 1.29 is 23.9 Å². The van der Waals surface area contributed by atoms with Gasteiger partial charge in [-0.25, -0.2) is 14.7 Å². The summed E-state index contributed by atoms with van der Waals surface area (Å²) in [4.78, 5) is 57.6. The number of hydrogen-bond acceptors (Lipinski definition) is 7. The second-order valence-corrected chi connectivity index (χ2v) is 8.73. The van der Waals surface area contributed by atoms with Crippen LogP contribution in [0.5, 0.6) is 0 Å². The predicted octanol–water partition coefficient (Wildman–Crippen LogP) is 4.31. The van der Waals surface area contributed by atoms with Crippen molar-refractivity contribution in [1.82, 2.24) is 4.98 Å². The van der Waals surface area contributed by atoms with Gasteiger partial charge in [0.15, 0.2) is 11.7 Å². The number of likely N-dealkylation sites (N-methyl/N-ethyl adjacent to an activating group) is 1. The quantitative estimate of drug-likeness (QED) is 0.298. The summed E-state index contributed by atoms with van der Waals surface area (Å²) in [6, 6.07) is 20.1. The van der Waals surface area contributed by atoms with E-state index in [0.29, 0.717) is 28.5 Å². The van der Waals surface area contributed by atoms with Gasteiger partial charge in [-0.3, -0.25) is 19.3 Å². The molecule has 8 nitrogen and oxygen atoms in total. The van der Waals surface area contributed by atoms with Crippen LogP contribution < -0.4 is 9.80 Å². The fourth-order valence-electron chi connectivity index (χ4n) is 3.85. The fourth-order valence-corrected chi connectivity index (χ4v) is 4.90. The molecule has 35 heavy (non-hydrogen) atoms. The van der Waals surface area contributed by atoms with Gasteiger partial charge in [-0.2, -0.15) is 0 Å². The molecule has 1 aliphatic rings. The summed E-state index contributed by atoms with van der Waals surface area (Å²) in [7, 11) is 0. The van der Waals surface area contributed by atoms with Gasteiger partial charge in [0, 0.05) is 6.54 Å². The number of carbonyl (C=O) groups excluding carboxylic acids is 4. The Balaban J connectivity index is 1.24. The lowest BCUT2D eigenvalue weighted by atomic mass is 10.1. The van der Waals surface area contributed by atoms with E-state index in [-0.39, 0.29) is 11.5 Å². The van der Waals surface area contributed by atoms with E-state index in [1.165, 1.54) is 40.5 Å². The number of thiazole rings is 1. The number of aromatic nitrogens is 1. The third-order valence-electron chi connectivity index (χ3n) is 5.61. The van der Waals surface area contributed by atoms with E-state index in [4.69, 9.17) is 4.74 Å². The van der Waals surface area contributed by atoms with E-state index >= 15 is 0 Å². The number of anilines is 2. The van der Waals surface area contributed by atoms with Crippen LogP contribution in [0.15, 0.2) is 72.8 Å². The van der Waals surface area contributed by atoms with Crippen LogP contribution in [0.25, 0.3) is 10.2 Å². The van der Waals surface area contributed by atoms with E-state index in [2.05, 4.69) is 4.98 Å². The molecule has 3 amide bonds. The number of imide groups is 1. The Morgan fingerprint density at radius 3 is 2.17 bits per heavy atom. The molecule has 2 heterocycles. The number of amides is 3. The third-order valence-corrected chi connectivity index (χ3v) is 6.67. The van der Waals surface area contributed by atoms with Gasteiger partial charge in [-0.15, -0.1) is 0 Å². The van der Waals surface area contributed by atoms with Crippen molar-refractivity contribution in [1.29, 1.82) is 0 Å². The number of fused-ring (bicyclic) bond motifs is 2. The first-order chi connectivity index (χ1) is 17.0. The Labute approximate surface area is 204 Å². The highest BCUT2D eigenvalue weighted by atomic mass is 32.1. The van der Waals surface area contributed by atoms with Gasteiger partial charge in [-0.1, -0.05) is 35.6 Å². The summed E-state index contributed by atoms with van der Waals surface area (Å²) in [5.41, 5.74) is 2.02. The summed E-state index contributed by atoms with van der Waals surface area (Å²) >= 11 is 1.39. The fraction of sp³-hybridized carbons (Fsp3) is 0.115. The van der Waals surface area contributed by atoms with Crippen LogP contribution in [0.1, 0.15) is 38.0 Å². The Kier molecular flexibility index (Phi) is 5.84. The molecule has 0 radical (unpaired) electrons. The van der Waals surface area contributed by atoms with Crippen molar-refractivity contribution in [2.24, 2.45) is 0 Å². The van der Waals surface area contributed by atoms with Crippen LogP contribution in [-0.4, -0.2) is 41.8 Å². The Morgan fingerprint density at radius 1 is 0.914 bits per heavy atom. The predicted molar refractivity (Wildman–Crippen MR) is 132 cm³/mol. The zero-order valence-electron chi connectivity index (χ0n) is 18.6. The first kappa shape index (κ1) is 22.4. The zero-order valence-corrected chi connectivity index (χ0v) is 19.5. The summed E-state index contributed by atoms with van der Waals surface area (Å²) < 4.78 is 6.19. The highest BCUT2D eigenvalue weighted by Crippen LogP contribution is 2.29. The molecule has 5 rings (SSSR count). The van der Waals surface area contributed by atoms with Gasteiger partial charge in [0.05, 0.1) is 32.6 Å². The average Bonchev–Trinajstić information content (AvgIpc) is 3.42. The maximum atomic E-state index is 12.7. The van der Waals surface area contributed by atoms with Gasteiger partial charge < -0.3 is 4.74 Å². The minimum Gasteiger partial charge on any atom is -0.452 e. The summed E-state index contributed by atoms with van der Waals surface area (Å²) in [5, 5.41) is 0.542. The maximum absolute atomic E-state index is 12.7. The number of esters is 1. The number of hydrogen-bond donors (Lipinski definition) is 0. The Morgan fingerprint density at radius 2 is 1.54 bits per heavy atom. The van der Waals surface area contributed by atoms with Crippen LogP contribution in [-0.2, 0) is 9.53 Å². The standard InChI is InChI=1S/C26H19N3O5S/c1-2-28(26-27-20-9-5-6-10-21(20)35-26)22(30)15-34-25(33)16-11-13-17(14-12-16)29-23(31)18-7-3-4-8-19(18)24(29)32/h3-14H,2,15H2,1H3. The molecule has 0 saturated heterocycles.